The molecule has 0 unspecified atom stereocenters. The Balaban J connectivity index is 1.38. The van der Waals surface area contributed by atoms with Crippen LogP contribution in [0.3, 0.4) is 0 Å². The van der Waals surface area contributed by atoms with Gasteiger partial charge in [0.1, 0.15) is 11.9 Å². The van der Waals surface area contributed by atoms with Gasteiger partial charge < -0.3 is 18.9 Å². The molecule has 2 aromatic rings. The Morgan fingerprint density at radius 1 is 0.971 bits per heavy atom. The van der Waals surface area contributed by atoms with Gasteiger partial charge in [0.15, 0.2) is 11.6 Å². The fourth-order valence-electron chi connectivity index (χ4n) is 3.82. The molecule has 0 aliphatic carbocycles. The van der Waals surface area contributed by atoms with Crippen molar-refractivity contribution in [2.45, 2.75) is 89.9 Å². The highest BCUT2D eigenvalue weighted by molar-refractivity contribution is 6.77. The number of aromatic nitrogens is 2. The molecule has 0 bridgehead atoms. The number of carbonyl (C=O) groups excluding carboxylic acids is 1. The van der Waals surface area contributed by atoms with Gasteiger partial charge in [0.25, 0.3) is 0 Å². The number of carbonyl (C=O) groups is 1. The molecule has 1 aromatic carbocycles. The van der Waals surface area contributed by atoms with Gasteiger partial charge in [0.05, 0.1) is 19.0 Å². The number of nitrogens with zero attached hydrogens (tertiary/aromatic N) is 2. The zero-order valence-corrected chi connectivity index (χ0v) is 21.9. The number of hydrogen-bond acceptors (Lipinski definition) is 7. The molecule has 34 heavy (non-hydrogen) atoms. The molecule has 0 saturated carbocycles. The van der Waals surface area contributed by atoms with Gasteiger partial charge in [-0.3, -0.25) is 0 Å². The first kappa shape index (κ1) is 26.2. The van der Waals surface area contributed by atoms with E-state index in [9.17, 15) is 4.79 Å². The molecule has 1 aromatic heterocycles. The van der Waals surface area contributed by atoms with Crippen LogP contribution in [0.1, 0.15) is 52.4 Å². The molecule has 3 rings (SSSR count). The fraction of sp³-hybridized carbons (Fsp3) is 0.577. The van der Waals surface area contributed by atoms with Gasteiger partial charge in [0, 0.05) is 13.6 Å². The Bertz CT molecular complexity index is 889. The maximum atomic E-state index is 11.9. The van der Waals surface area contributed by atoms with E-state index < -0.39 is 20.5 Å². The highest BCUT2D eigenvalue weighted by atomic mass is 28.3. The summed E-state index contributed by atoms with van der Waals surface area (Å²) in [7, 11) is -1.04. The van der Waals surface area contributed by atoms with Crippen molar-refractivity contribution in [1.29, 1.82) is 0 Å². The quantitative estimate of drug-likeness (QED) is 0.0949. The topological polar surface area (TPSA) is 83.1 Å². The van der Waals surface area contributed by atoms with Crippen molar-refractivity contribution in [3.05, 3.63) is 36.7 Å². The molecule has 1 fully saturated rings. The number of ether oxygens (including phenoxy) is 4. The minimum Gasteiger partial charge on any atom is -0.490 e. The smallest absolute Gasteiger partial charge is 0.490 e. The summed E-state index contributed by atoms with van der Waals surface area (Å²) in [5.74, 6) is 1.65. The van der Waals surface area contributed by atoms with Gasteiger partial charge in [0.2, 0.25) is 6.29 Å². The fourth-order valence-corrected chi connectivity index (χ4v) is 6.59. The molecule has 2 atom stereocenters. The Labute approximate surface area is 204 Å². The molecule has 8 heteroatoms. The van der Waals surface area contributed by atoms with Crippen molar-refractivity contribution in [3.8, 4) is 22.9 Å². The van der Waals surface area contributed by atoms with Gasteiger partial charge in [-0.25, -0.2) is 14.8 Å². The summed E-state index contributed by atoms with van der Waals surface area (Å²) >= 11 is 0. The Kier molecular flexibility index (Phi) is 9.89. The molecule has 0 amide bonds. The lowest BCUT2D eigenvalue weighted by Crippen LogP contribution is -2.24. The molecule has 0 N–H and O–H groups in total. The second-order valence-corrected chi connectivity index (χ2v) is 15.0. The van der Waals surface area contributed by atoms with Gasteiger partial charge in [-0.15, -0.1) is 0 Å². The first-order chi connectivity index (χ1) is 16.4. The van der Waals surface area contributed by atoms with E-state index in [1.54, 1.807) is 36.7 Å². The molecule has 186 valence electrons. The van der Waals surface area contributed by atoms with Crippen LogP contribution in [0.25, 0.3) is 11.4 Å². The SMILES string of the molecule is CCCC[Si](C)(C)CCCCOc1cnc(-c2ccc(OC(=O)O[C@H]3O[C@@H]3CCC)cc2)nc1. The third-order valence-electron chi connectivity index (χ3n) is 5.99. The van der Waals surface area contributed by atoms with E-state index in [2.05, 4.69) is 36.9 Å². The van der Waals surface area contributed by atoms with E-state index in [1.807, 2.05) is 0 Å². The van der Waals surface area contributed by atoms with Crippen molar-refractivity contribution in [2.75, 3.05) is 6.61 Å². The summed E-state index contributed by atoms with van der Waals surface area (Å²) in [6, 6.07) is 9.76. The van der Waals surface area contributed by atoms with Gasteiger partial charge in [-0.2, -0.15) is 0 Å². The number of hydrogen-bond donors (Lipinski definition) is 0. The second kappa shape index (κ2) is 12.9. The molecule has 7 nitrogen and oxygen atoms in total. The van der Waals surface area contributed by atoms with Gasteiger partial charge in [-0.1, -0.05) is 64.7 Å². The van der Waals surface area contributed by atoms with Crippen molar-refractivity contribution >= 4 is 14.2 Å². The minimum absolute atomic E-state index is 0.00612. The van der Waals surface area contributed by atoms with Crippen molar-refractivity contribution < 1.29 is 23.7 Å². The van der Waals surface area contributed by atoms with E-state index in [0.717, 1.165) is 24.8 Å². The van der Waals surface area contributed by atoms with Gasteiger partial charge >= 0.3 is 6.16 Å². The monoisotopic (exact) mass is 486 g/mol. The van der Waals surface area contributed by atoms with Crippen LogP contribution in [-0.2, 0) is 9.47 Å². The summed E-state index contributed by atoms with van der Waals surface area (Å²) < 4.78 is 21.4. The highest BCUT2D eigenvalue weighted by Gasteiger charge is 2.42. The summed E-state index contributed by atoms with van der Waals surface area (Å²) in [5.41, 5.74) is 0.820. The molecule has 1 aliphatic heterocycles. The maximum absolute atomic E-state index is 11.9. The van der Waals surface area contributed by atoms with Crippen LogP contribution in [-0.4, -0.2) is 43.2 Å². The van der Waals surface area contributed by atoms with E-state index in [1.165, 1.54) is 31.4 Å². The predicted molar refractivity (Wildman–Crippen MR) is 135 cm³/mol. The summed E-state index contributed by atoms with van der Waals surface area (Å²) in [5, 5.41) is 0. The average Bonchev–Trinajstić information content (AvgIpc) is 3.55. The zero-order chi connectivity index (χ0) is 24.4. The van der Waals surface area contributed by atoms with Crippen LogP contribution < -0.4 is 9.47 Å². The third-order valence-corrected chi connectivity index (χ3v) is 9.40. The summed E-state index contributed by atoms with van der Waals surface area (Å²) in [6.45, 7) is 10.00. The van der Waals surface area contributed by atoms with E-state index in [4.69, 9.17) is 18.9 Å². The lowest BCUT2D eigenvalue weighted by molar-refractivity contribution is 0.0562. The molecule has 0 radical (unpaired) electrons. The standard InChI is InChI=1S/C26H38N2O5Si/c1-5-7-16-34(3,4)17-9-8-15-30-22-18-27-24(28-19-22)20-11-13-21(14-12-20)31-26(29)33-25-23(32-25)10-6-2/h11-14,18-19,23,25H,5-10,15-17H2,1-4H3/t23-,25-/m1/s1. The van der Waals surface area contributed by atoms with E-state index in [0.29, 0.717) is 23.9 Å². The van der Waals surface area contributed by atoms with Crippen molar-refractivity contribution in [1.82, 2.24) is 9.97 Å². The summed E-state index contributed by atoms with van der Waals surface area (Å²) in [4.78, 5) is 20.7. The van der Waals surface area contributed by atoms with Crippen LogP contribution >= 0.6 is 0 Å². The largest absolute Gasteiger partial charge is 0.516 e. The molecule has 0 spiro atoms. The minimum atomic E-state index is -1.04. The third kappa shape index (κ3) is 8.72. The molecule has 1 aliphatic rings. The Hall–Kier alpha value is -2.45. The molecular formula is C26H38N2O5Si. The Morgan fingerprint density at radius 2 is 1.68 bits per heavy atom. The number of rotatable bonds is 14. The van der Waals surface area contributed by atoms with Gasteiger partial charge in [-0.05, 0) is 37.1 Å². The molecule has 2 heterocycles. The van der Waals surface area contributed by atoms with Crippen LogP contribution in [0, 0.1) is 0 Å². The average molecular weight is 487 g/mol. The predicted octanol–water partition coefficient (Wildman–Crippen LogP) is 6.85. The van der Waals surface area contributed by atoms with Crippen molar-refractivity contribution in [2.24, 2.45) is 0 Å². The lowest BCUT2D eigenvalue weighted by Gasteiger charge is -2.21. The first-order valence-electron chi connectivity index (χ1n) is 12.5. The summed E-state index contributed by atoms with van der Waals surface area (Å²) in [6.07, 6.45) is 8.92. The maximum Gasteiger partial charge on any atom is 0.516 e. The number of benzene rings is 1. The second-order valence-electron chi connectivity index (χ2n) is 9.64. The van der Waals surface area contributed by atoms with Crippen LogP contribution in [0.5, 0.6) is 11.5 Å². The first-order valence-corrected chi connectivity index (χ1v) is 15.9. The number of epoxide rings is 1. The number of unbranched alkanes of at least 4 members (excludes halogenated alkanes) is 2. The van der Waals surface area contributed by atoms with E-state index >= 15 is 0 Å². The lowest BCUT2D eigenvalue weighted by atomic mass is 10.2. The normalized spacial score (nSPS) is 17.3. The van der Waals surface area contributed by atoms with Crippen LogP contribution in [0.2, 0.25) is 25.2 Å². The van der Waals surface area contributed by atoms with E-state index in [-0.39, 0.29) is 6.10 Å². The highest BCUT2D eigenvalue weighted by Crippen LogP contribution is 2.28. The molecule has 1 saturated heterocycles. The van der Waals surface area contributed by atoms with Crippen molar-refractivity contribution in [3.63, 3.8) is 0 Å². The zero-order valence-electron chi connectivity index (χ0n) is 20.9. The Morgan fingerprint density at radius 3 is 2.35 bits per heavy atom. The van der Waals surface area contributed by atoms with Crippen LogP contribution in [0.15, 0.2) is 36.7 Å². The van der Waals surface area contributed by atoms with Crippen LogP contribution in [0.4, 0.5) is 4.79 Å². The molecular weight excluding hydrogens is 448 g/mol.